The van der Waals surface area contributed by atoms with E-state index in [2.05, 4.69) is 27.9 Å². The molecule has 1 N–H and O–H groups in total. The van der Waals surface area contributed by atoms with Crippen LogP contribution in [0, 0.1) is 14.9 Å². The molecular formula is C9H6ClIN2O. The van der Waals surface area contributed by atoms with E-state index in [-0.39, 0.29) is 12.3 Å². The molecule has 0 saturated heterocycles. The first-order chi connectivity index (χ1) is 6.63. The zero-order valence-corrected chi connectivity index (χ0v) is 9.96. The van der Waals surface area contributed by atoms with E-state index in [1.165, 1.54) is 0 Å². The van der Waals surface area contributed by atoms with Gasteiger partial charge in [-0.05, 0) is 40.8 Å². The van der Waals surface area contributed by atoms with Crippen LogP contribution in [0.15, 0.2) is 18.2 Å². The highest BCUT2D eigenvalue weighted by atomic mass is 127. The third-order valence-electron chi connectivity index (χ3n) is 1.44. The number of nitriles is 1. The molecule has 0 spiro atoms. The molecule has 0 aromatic heterocycles. The van der Waals surface area contributed by atoms with Crippen molar-refractivity contribution in [1.29, 1.82) is 5.26 Å². The molecule has 0 fully saturated rings. The molecule has 0 heterocycles. The Labute approximate surface area is 100 Å². The van der Waals surface area contributed by atoms with Crippen LogP contribution in [0.2, 0.25) is 5.02 Å². The SMILES string of the molecule is N#CCC(=O)Nc1cc(Cl)ccc1I. The molecule has 1 aromatic rings. The van der Waals surface area contributed by atoms with Crippen molar-refractivity contribution in [2.24, 2.45) is 0 Å². The second kappa shape index (κ2) is 5.17. The maximum atomic E-state index is 11.1. The number of hydrogen-bond donors (Lipinski definition) is 1. The van der Waals surface area contributed by atoms with Crippen molar-refractivity contribution in [2.75, 3.05) is 5.32 Å². The number of hydrogen-bond acceptors (Lipinski definition) is 2. The van der Waals surface area contributed by atoms with Gasteiger partial charge in [0.1, 0.15) is 6.42 Å². The van der Waals surface area contributed by atoms with Crippen LogP contribution in [0.3, 0.4) is 0 Å². The summed E-state index contributed by atoms with van der Waals surface area (Å²) in [7, 11) is 0. The summed E-state index contributed by atoms with van der Waals surface area (Å²) in [5, 5.41) is 11.5. The Morgan fingerprint density at radius 2 is 2.36 bits per heavy atom. The molecule has 0 aliphatic rings. The Bertz CT molecular complexity index is 400. The minimum Gasteiger partial charge on any atom is -0.324 e. The van der Waals surface area contributed by atoms with Gasteiger partial charge in [-0.25, -0.2) is 0 Å². The first-order valence-electron chi connectivity index (χ1n) is 3.75. The molecule has 72 valence electrons. The van der Waals surface area contributed by atoms with Gasteiger partial charge in [0.15, 0.2) is 0 Å². The normalized spacial score (nSPS) is 9.21. The molecular weight excluding hydrogens is 314 g/mol. The molecule has 1 amide bonds. The summed E-state index contributed by atoms with van der Waals surface area (Å²) < 4.78 is 0.887. The predicted octanol–water partition coefficient (Wildman–Crippen LogP) is 2.80. The molecule has 1 aromatic carbocycles. The van der Waals surface area contributed by atoms with E-state index in [0.717, 1.165) is 3.57 Å². The Hall–Kier alpha value is -0.800. The highest BCUT2D eigenvalue weighted by Crippen LogP contribution is 2.22. The van der Waals surface area contributed by atoms with Crippen molar-refractivity contribution in [3.8, 4) is 6.07 Å². The van der Waals surface area contributed by atoms with Crippen LogP contribution in [-0.4, -0.2) is 5.91 Å². The van der Waals surface area contributed by atoms with Gasteiger partial charge in [-0.1, -0.05) is 11.6 Å². The number of carbonyl (C=O) groups is 1. The number of amides is 1. The predicted molar refractivity (Wildman–Crippen MR) is 63.0 cm³/mol. The molecule has 3 nitrogen and oxygen atoms in total. The van der Waals surface area contributed by atoms with Crippen LogP contribution in [0.1, 0.15) is 6.42 Å². The fourth-order valence-electron chi connectivity index (χ4n) is 0.859. The van der Waals surface area contributed by atoms with Crippen molar-refractivity contribution in [2.45, 2.75) is 6.42 Å². The number of nitrogens with zero attached hydrogens (tertiary/aromatic N) is 1. The number of rotatable bonds is 2. The minimum atomic E-state index is -0.326. The molecule has 14 heavy (non-hydrogen) atoms. The van der Waals surface area contributed by atoms with Gasteiger partial charge in [0.05, 0.1) is 11.8 Å². The first kappa shape index (κ1) is 11.3. The van der Waals surface area contributed by atoms with Gasteiger partial charge in [-0.15, -0.1) is 0 Å². The van der Waals surface area contributed by atoms with Crippen molar-refractivity contribution in [3.63, 3.8) is 0 Å². The summed E-state index contributed by atoms with van der Waals surface area (Å²) in [5.74, 6) is -0.326. The number of benzene rings is 1. The molecule has 0 atom stereocenters. The maximum absolute atomic E-state index is 11.1. The summed E-state index contributed by atoms with van der Waals surface area (Å²) in [4.78, 5) is 11.1. The van der Waals surface area contributed by atoms with E-state index in [1.807, 2.05) is 0 Å². The second-order valence-corrected chi connectivity index (χ2v) is 4.11. The second-order valence-electron chi connectivity index (χ2n) is 2.51. The van der Waals surface area contributed by atoms with Gasteiger partial charge in [-0.3, -0.25) is 4.79 Å². The fourth-order valence-corrected chi connectivity index (χ4v) is 1.50. The molecule has 0 radical (unpaired) electrons. The number of nitrogens with one attached hydrogen (secondary N) is 1. The summed E-state index contributed by atoms with van der Waals surface area (Å²) in [6.45, 7) is 0. The van der Waals surface area contributed by atoms with Crippen LogP contribution >= 0.6 is 34.2 Å². The summed E-state index contributed by atoms with van der Waals surface area (Å²) in [5.41, 5.74) is 0.637. The lowest BCUT2D eigenvalue weighted by molar-refractivity contribution is -0.115. The van der Waals surface area contributed by atoms with Crippen LogP contribution in [0.5, 0.6) is 0 Å². The lowest BCUT2D eigenvalue weighted by Gasteiger charge is -2.05. The van der Waals surface area contributed by atoms with Crippen LogP contribution < -0.4 is 5.32 Å². The third-order valence-corrected chi connectivity index (χ3v) is 2.62. The Balaban J connectivity index is 2.81. The largest absolute Gasteiger partial charge is 0.324 e. The summed E-state index contributed by atoms with van der Waals surface area (Å²) in [6.07, 6.45) is -0.150. The molecule has 5 heteroatoms. The van der Waals surface area contributed by atoms with E-state index < -0.39 is 0 Å². The minimum absolute atomic E-state index is 0.150. The van der Waals surface area contributed by atoms with Gasteiger partial charge in [0.2, 0.25) is 5.91 Å². The van der Waals surface area contributed by atoms with E-state index in [4.69, 9.17) is 16.9 Å². The van der Waals surface area contributed by atoms with Crippen molar-refractivity contribution < 1.29 is 4.79 Å². The lowest BCUT2D eigenvalue weighted by Crippen LogP contribution is -2.11. The Morgan fingerprint density at radius 3 is 3.00 bits per heavy atom. The van der Waals surface area contributed by atoms with Gasteiger partial charge in [-0.2, -0.15) is 5.26 Å². The van der Waals surface area contributed by atoms with E-state index in [9.17, 15) is 4.79 Å². The van der Waals surface area contributed by atoms with Crippen LogP contribution in [0.4, 0.5) is 5.69 Å². The molecule has 0 aliphatic carbocycles. The zero-order chi connectivity index (χ0) is 10.6. The van der Waals surface area contributed by atoms with Crippen molar-refractivity contribution >= 4 is 45.8 Å². The van der Waals surface area contributed by atoms with E-state index in [1.54, 1.807) is 24.3 Å². The van der Waals surface area contributed by atoms with Gasteiger partial charge in [0, 0.05) is 8.59 Å². The van der Waals surface area contributed by atoms with Gasteiger partial charge < -0.3 is 5.32 Å². The van der Waals surface area contributed by atoms with E-state index >= 15 is 0 Å². The monoisotopic (exact) mass is 320 g/mol. The molecule has 0 saturated carbocycles. The van der Waals surface area contributed by atoms with Crippen molar-refractivity contribution in [1.82, 2.24) is 0 Å². The van der Waals surface area contributed by atoms with Gasteiger partial charge >= 0.3 is 0 Å². The summed E-state index contributed by atoms with van der Waals surface area (Å²) >= 11 is 7.84. The standard InChI is InChI=1S/C9H6ClIN2O/c10-6-1-2-7(11)8(5-6)13-9(14)3-4-12/h1-2,5H,3H2,(H,13,14). The highest BCUT2D eigenvalue weighted by Gasteiger charge is 2.05. The van der Waals surface area contributed by atoms with E-state index in [0.29, 0.717) is 10.7 Å². The highest BCUT2D eigenvalue weighted by molar-refractivity contribution is 14.1. The summed E-state index contributed by atoms with van der Waals surface area (Å²) in [6, 6.07) is 6.96. The Kier molecular flexibility index (Phi) is 4.17. The molecule has 0 bridgehead atoms. The van der Waals surface area contributed by atoms with Crippen molar-refractivity contribution in [3.05, 3.63) is 26.8 Å². The third kappa shape index (κ3) is 3.16. The number of carbonyl (C=O) groups excluding carboxylic acids is 1. The maximum Gasteiger partial charge on any atom is 0.238 e. The van der Waals surface area contributed by atoms with Crippen LogP contribution in [-0.2, 0) is 4.79 Å². The topological polar surface area (TPSA) is 52.9 Å². The average Bonchev–Trinajstić information content (AvgIpc) is 2.12. The molecule has 0 aliphatic heterocycles. The smallest absolute Gasteiger partial charge is 0.238 e. The average molecular weight is 321 g/mol. The number of halogens is 2. The first-order valence-corrected chi connectivity index (χ1v) is 5.21. The zero-order valence-electron chi connectivity index (χ0n) is 7.05. The van der Waals surface area contributed by atoms with Crippen LogP contribution in [0.25, 0.3) is 0 Å². The van der Waals surface area contributed by atoms with Gasteiger partial charge in [0.25, 0.3) is 0 Å². The quantitative estimate of drug-likeness (QED) is 0.852. The fraction of sp³-hybridized carbons (Fsp3) is 0.111. The molecule has 0 unspecified atom stereocenters. The Morgan fingerprint density at radius 1 is 1.64 bits per heavy atom. The number of anilines is 1. The molecule has 1 rings (SSSR count). The lowest BCUT2D eigenvalue weighted by atomic mass is 10.3.